The van der Waals surface area contributed by atoms with Gasteiger partial charge < -0.3 is 10.4 Å². The number of aromatic nitrogens is 3. The van der Waals surface area contributed by atoms with Crippen molar-refractivity contribution in [2.24, 2.45) is 0 Å². The molecule has 0 radical (unpaired) electrons. The van der Waals surface area contributed by atoms with Gasteiger partial charge in [-0.3, -0.25) is 4.57 Å². The topological polar surface area (TPSA) is 63.0 Å². The maximum absolute atomic E-state index is 9.83. The van der Waals surface area contributed by atoms with Crippen molar-refractivity contribution < 1.29 is 5.11 Å². The van der Waals surface area contributed by atoms with Crippen LogP contribution in [0.5, 0.6) is 5.75 Å². The van der Waals surface area contributed by atoms with E-state index in [1.54, 1.807) is 30.9 Å². The predicted octanol–water partition coefficient (Wildman–Crippen LogP) is 3.24. The molecule has 0 atom stereocenters. The molecule has 0 unspecified atom stereocenters. The maximum atomic E-state index is 9.83. The molecule has 1 aromatic heterocycles. The van der Waals surface area contributed by atoms with E-state index in [1.807, 2.05) is 28.8 Å². The highest BCUT2D eigenvalue weighted by Crippen LogP contribution is 2.26. The SMILES string of the molecule is Oc1cccc(Cl)c1CNc1cccc(-n2cnnc2)c1. The molecule has 0 spiro atoms. The molecular weight excluding hydrogens is 288 g/mol. The van der Waals surface area contributed by atoms with Gasteiger partial charge in [0.05, 0.1) is 5.69 Å². The number of rotatable bonds is 4. The molecule has 2 N–H and O–H groups in total. The molecule has 1 heterocycles. The van der Waals surface area contributed by atoms with Gasteiger partial charge in [0.15, 0.2) is 0 Å². The zero-order valence-corrected chi connectivity index (χ0v) is 11.8. The molecule has 3 aromatic rings. The average Bonchev–Trinajstić information content (AvgIpc) is 3.01. The molecular formula is C15H13ClN4O. The molecule has 0 aliphatic rings. The minimum atomic E-state index is 0.185. The van der Waals surface area contributed by atoms with Crippen LogP contribution in [0.25, 0.3) is 5.69 Å². The molecule has 0 aliphatic heterocycles. The Balaban J connectivity index is 1.78. The summed E-state index contributed by atoms with van der Waals surface area (Å²) in [4.78, 5) is 0. The maximum Gasteiger partial charge on any atom is 0.123 e. The van der Waals surface area contributed by atoms with E-state index < -0.39 is 0 Å². The summed E-state index contributed by atoms with van der Waals surface area (Å²) >= 11 is 6.09. The van der Waals surface area contributed by atoms with Crippen LogP contribution < -0.4 is 5.32 Å². The van der Waals surface area contributed by atoms with E-state index in [9.17, 15) is 5.11 Å². The Morgan fingerprint density at radius 3 is 2.62 bits per heavy atom. The second-order valence-corrected chi connectivity index (χ2v) is 4.92. The Morgan fingerprint density at radius 1 is 1.10 bits per heavy atom. The van der Waals surface area contributed by atoms with E-state index in [1.165, 1.54) is 0 Å². The number of phenolic OH excluding ortho intramolecular Hbond substituents is 1. The third kappa shape index (κ3) is 2.98. The van der Waals surface area contributed by atoms with Gasteiger partial charge in [0.2, 0.25) is 0 Å². The van der Waals surface area contributed by atoms with Crippen LogP contribution >= 0.6 is 11.6 Å². The summed E-state index contributed by atoms with van der Waals surface area (Å²) in [6.45, 7) is 0.442. The second-order valence-electron chi connectivity index (χ2n) is 4.51. The van der Waals surface area contributed by atoms with Gasteiger partial charge in [0, 0.05) is 22.8 Å². The monoisotopic (exact) mass is 300 g/mol. The van der Waals surface area contributed by atoms with Crippen molar-refractivity contribution in [3.05, 3.63) is 65.7 Å². The summed E-state index contributed by atoms with van der Waals surface area (Å²) in [5.74, 6) is 0.185. The average molecular weight is 301 g/mol. The van der Waals surface area contributed by atoms with Crippen LogP contribution in [0.4, 0.5) is 5.69 Å². The summed E-state index contributed by atoms with van der Waals surface area (Å²) in [7, 11) is 0. The number of benzene rings is 2. The van der Waals surface area contributed by atoms with E-state index in [0.29, 0.717) is 17.1 Å². The van der Waals surface area contributed by atoms with Gasteiger partial charge >= 0.3 is 0 Å². The van der Waals surface area contributed by atoms with Gasteiger partial charge in [-0.2, -0.15) is 0 Å². The summed E-state index contributed by atoms with van der Waals surface area (Å²) in [5.41, 5.74) is 2.54. The molecule has 3 rings (SSSR count). The van der Waals surface area contributed by atoms with Crippen LogP contribution in [-0.2, 0) is 6.54 Å². The number of phenols is 1. The third-order valence-electron chi connectivity index (χ3n) is 3.13. The van der Waals surface area contributed by atoms with Crippen molar-refractivity contribution in [3.8, 4) is 11.4 Å². The normalized spacial score (nSPS) is 10.5. The zero-order valence-electron chi connectivity index (χ0n) is 11.1. The molecule has 6 heteroatoms. The highest BCUT2D eigenvalue weighted by Gasteiger charge is 2.06. The lowest BCUT2D eigenvalue weighted by Gasteiger charge is -2.11. The van der Waals surface area contributed by atoms with Crippen molar-refractivity contribution in [3.63, 3.8) is 0 Å². The van der Waals surface area contributed by atoms with Crippen LogP contribution in [0, 0.1) is 0 Å². The molecule has 5 nitrogen and oxygen atoms in total. The first kappa shape index (κ1) is 13.5. The lowest BCUT2D eigenvalue weighted by molar-refractivity contribution is 0.469. The summed E-state index contributed by atoms with van der Waals surface area (Å²) in [6.07, 6.45) is 3.28. The van der Waals surface area contributed by atoms with Crippen LogP contribution in [0.15, 0.2) is 55.1 Å². The summed E-state index contributed by atoms with van der Waals surface area (Å²) < 4.78 is 1.82. The van der Waals surface area contributed by atoms with E-state index in [4.69, 9.17) is 11.6 Å². The van der Waals surface area contributed by atoms with Gasteiger partial charge in [-0.25, -0.2) is 0 Å². The second kappa shape index (κ2) is 5.85. The smallest absolute Gasteiger partial charge is 0.123 e. The van der Waals surface area contributed by atoms with Gasteiger partial charge in [0.25, 0.3) is 0 Å². The molecule has 0 amide bonds. The number of anilines is 1. The first-order chi connectivity index (χ1) is 10.2. The van der Waals surface area contributed by atoms with Crippen LogP contribution in [0.2, 0.25) is 5.02 Å². The number of nitrogens with one attached hydrogen (secondary N) is 1. The fraction of sp³-hybridized carbons (Fsp3) is 0.0667. The molecule has 21 heavy (non-hydrogen) atoms. The lowest BCUT2D eigenvalue weighted by Crippen LogP contribution is -2.01. The first-order valence-electron chi connectivity index (χ1n) is 6.39. The molecule has 0 saturated heterocycles. The first-order valence-corrected chi connectivity index (χ1v) is 6.77. The quantitative estimate of drug-likeness (QED) is 0.776. The van der Waals surface area contributed by atoms with Crippen molar-refractivity contribution in [2.75, 3.05) is 5.32 Å². The Hall–Kier alpha value is -2.53. The van der Waals surface area contributed by atoms with Crippen LogP contribution in [0.3, 0.4) is 0 Å². The molecule has 0 aliphatic carbocycles. The van der Waals surface area contributed by atoms with Crippen molar-refractivity contribution in [1.29, 1.82) is 0 Å². The van der Waals surface area contributed by atoms with Crippen LogP contribution in [-0.4, -0.2) is 19.9 Å². The number of halogens is 1. The number of hydrogen-bond acceptors (Lipinski definition) is 4. The van der Waals surface area contributed by atoms with Crippen molar-refractivity contribution in [1.82, 2.24) is 14.8 Å². The number of hydrogen-bond donors (Lipinski definition) is 2. The minimum absolute atomic E-state index is 0.185. The highest BCUT2D eigenvalue weighted by atomic mass is 35.5. The van der Waals surface area contributed by atoms with E-state index in [-0.39, 0.29) is 5.75 Å². The summed E-state index contributed by atoms with van der Waals surface area (Å²) in [6, 6.07) is 12.9. The molecule has 0 bridgehead atoms. The summed E-state index contributed by atoms with van der Waals surface area (Å²) in [5, 5.41) is 21.2. The zero-order chi connectivity index (χ0) is 14.7. The standard InChI is InChI=1S/C15H13ClN4O/c16-14-5-2-6-15(21)13(14)8-17-11-3-1-4-12(7-11)20-9-18-19-10-20/h1-7,9-10,17,21H,8H2. The Morgan fingerprint density at radius 2 is 1.86 bits per heavy atom. The molecule has 0 saturated carbocycles. The largest absolute Gasteiger partial charge is 0.508 e. The fourth-order valence-corrected chi connectivity index (χ4v) is 2.26. The third-order valence-corrected chi connectivity index (χ3v) is 3.48. The molecule has 2 aromatic carbocycles. The predicted molar refractivity (Wildman–Crippen MR) is 81.8 cm³/mol. The lowest BCUT2D eigenvalue weighted by atomic mass is 10.2. The van der Waals surface area contributed by atoms with E-state index in [2.05, 4.69) is 15.5 Å². The van der Waals surface area contributed by atoms with Crippen molar-refractivity contribution in [2.45, 2.75) is 6.54 Å². The van der Waals surface area contributed by atoms with Gasteiger partial charge in [-0.05, 0) is 30.3 Å². The Labute approximate surface area is 126 Å². The highest BCUT2D eigenvalue weighted by molar-refractivity contribution is 6.31. The Bertz CT molecular complexity index is 723. The Kier molecular flexibility index (Phi) is 3.75. The van der Waals surface area contributed by atoms with Crippen LogP contribution in [0.1, 0.15) is 5.56 Å². The number of aromatic hydroxyl groups is 1. The van der Waals surface area contributed by atoms with E-state index >= 15 is 0 Å². The minimum Gasteiger partial charge on any atom is -0.508 e. The molecule has 0 fully saturated rings. The van der Waals surface area contributed by atoms with Gasteiger partial charge in [-0.15, -0.1) is 10.2 Å². The van der Waals surface area contributed by atoms with Gasteiger partial charge in [0.1, 0.15) is 18.4 Å². The van der Waals surface area contributed by atoms with Gasteiger partial charge in [-0.1, -0.05) is 23.7 Å². The molecule has 106 valence electrons. The fourth-order valence-electron chi connectivity index (χ4n) is 2.02. The number of nitrogens with zero attached hydrogens (tertiary/aromatic N) is 3. The van der Waals surface area contributed by atoms with Crippen molar-refractivity contribution >= 4 is 17.3 Å². The van der Waals surface area contributed by atoms with E-state index in [0.717, 1.165) is 11.4 Å².